The Morgan fingerprint density at radius 2 is 1.85 bits per heavy atom. The van der Waals surface area contributed by atoms with Crippen molar-refractivity contribution in [1.29, 1.82) is 0 Å². The Balaban J connectivity index is 2.07. The zero-order valence-corrected chi connectivity index (χ0v) is 16.6. The smallest absolute Gasteiger partial charge is 0.468 e. The number of pyridine rings is 1. The Hall–Kier alpha value is -2.16. The average molecular weight is 372 g/mol. The van der Waals surface area contributed by atoms with Crippen molar-refractivity contribution in [2.24, 2.45) is 0 Å². The molecule has 0 spiro atoms. The van der Waals surface area contributed by atoms with Crippen LogP contribution in [0.15, 0.2) is 24.3 Å². The fourth-order valence-corrected chi connectivity index (χ4v) is 2.83. The molecule has 1 fully saturated rings. The summed E-state index contributed by atoms with van der Waals surface area (Å²) in [6.07, 6.45) is 0. The zero-order chi connectivity index (χ0) is 19.8. The van der Waals surface area contributed by atoms with Gasteiger partial charge in [0.15, 0.2) is 6.79 Å². The van der Waals surface area contributed by atoms with Gasteiger partial charge < -0.3 is 24.1 Å². The summed E-state index contributed by atoms with van der Waals surface area (Å²) in [5.74, 6) is 0.302. The van der Waals surface area contributed by atoms with Crippen LogP contribution in [0.25, 0.3) is 10.9 Å². The molecule has 0 radical (unpaired) electrons. The van der Waals surface area contributed by atoms with Crippen LogP contribution in [0.1, 0.15) is 38.2 Å². The first-order valence-corrected chi connectivity index (χ1v) is 8.82. The summed E-state index contributed by atoms with van der Waals surface area (Å²) in [7, 11) is 2.55. The number of hydrogen-bond donors (Lipinski definition) is 1. The highest BCUT2D eigenvalue weighted by molar-refractivity contribution is 6.63. The highest BCUT2D eigenvalue weighted by Gasteiger charge is 2.52. The Morgan fingerprint density at radius 3 is 2.44 bits per heavy atom. The van der Waals surface area contributed by atoms with Crippen molar-refractivity contribution < 1.29 is 23.6 Å². The maximum Gasteiger partial charge on any atom is 0.498 e. The van der Waals surface area contributed by atoms with E-state index in [-0.39, 0.29) is 12.7 Å². The first kappa shape index (κ1) is 19.6. The summed E-state index contributed by atoms with van der Waals surface area (Å²) in [4.78, 5) is 16.3. The molecule has 1 aromatic carbocycles. The average Bonchev–Trinajstić information content (AvgIpc) is 2.85. The van der Waals surface area contributed by atoms with Gasteiger partial charge in [0.05, 0.1) is 16.7 Å². The monoisotopic (exact) mass is 372 g/mol. The van der Waals surface area contributed by atoms with Gasteiger partial charge in [-0.2, -0.15) is 0 Å². The first-order valence-electron chi connectivity index (χ1n) is 8.82. The van der Waals surface area contributed by atoms with Crippen LogP contribution >= 0.6 is 0 Å². The Labute approximate surface area is 159 Å². The predicted molar refractivity (Wildman–Crippen MR) is 103 cm³/mol. The molecule has 0 unspecified atom stereocenters. The summed E-state index contributed by atoms with van der Waals surface area (Å²) < 4.78 is 23.1. The Bertz CT molecular complexity index is 853. The predicted octanol–water partition coefficient (Wildman–Crippen LogP) is 1.88. The second-order valence-corrected chi connectivity index (χ2v) is 7.50. The first-order chi connectivity index (χ1) is 12.7. The largest absolute Gasteiger partial charge is 0.498 e. The van der Waals surface area contributed by atoms with Crippen molar-refractivity contribution in [3.63, 3.8) is 0 Å². The number of fused-ring (bicyclic) bond motifs is 1. The van der Waals surface area contributed by atoms with Gasteiger partial charge in [-0.1, -0.05) is 6.07 Å². The third-order valence-electron chi connectivity index (χ3n) is 5.12. The second-order valence-electron chi connectivity index (χ2n) is 7.50. The molecule has 144 valence electrons. The molecule has 1 saturated heterocycles. The minimum atomic E-state index is -0.579. The van der Waals surface area contributed by atoms with Crippen molar-refractivity contribution in [2.45, 2.75) is 38.9 Å². The van der Waals surface area contributed by atoms with E-state index in [0.29, 0.717) is 17.0 Å². The van der Waals surface area contributed by atoms with E-state index in [1.165, 1.54) is 0 Å². The quantitative estimate of drug-likeness (QED) is 0.638. The number of hydrogen-bond acceptors (Lipinski definition) is 6. The third-order valence-corrected chi connectivity index (χ3v) is 5.12. The van der Waals surface area contributed by atoms with Gasteiger partial charge in [-0.05, 0) is 39.8 Å². The molecule has 3 rings (SSSR count). The number of nitrogens with one attached hydrogen (secondary N) is 1. The van der Waals surface area contributed by atoms with E-state index in [1.54, 1.807) is 26.3 Å². The standard InChI is InChI=1S/C19H25BN2O5/c1-18(2)19(3,4)27-20(26-18)13-9-12-7-8-14(17(23)21-5)22-15(12)10-16(13)25-11-24-6/h7-10H,11H2,1-6H3,(H,21,23). The van der Waals surface area contributed by atoms with Gasteiger partial charge in [-0.3, -0.25) is 4.79 Å². The second kappa shape index (κ2) is 7.11. The lowest BCUT2D eigenvalue weighted by molar-refractivity contribution is 0.00578. The van der Waals surface area contributed by atoms with E-state index in [1.807, 2.05) is 39.8 Å². The number of carbonyl (C=O) groups is 1. The van der Waals surface area contributed by atoms with Gasteiger partial charge in [0.1, 0.15) is 11.4 Å². The van der Waals surface area contributed by atoms with Crippen molar-refractivity contribution in [1.82, 2.24) is 10.3 Å². The molecule has 1 aromatic heterocycles. The van der Waals surface area contributed by atoms with Gasteiger partial charge in [-0.15, -0.1) is 0 Å². The molecule has 8 heteroatoms. The van der Waals surface area contributed by atoms with Crippen LogP contribution in [0.5, 0.6) is 5.75 Å². The topological polar surface area (TPSA) is 78.9 Å². The van der Waals surface area contributed by atoms with E-state index in [2.05, 4.69) is 10.3 Å². The van der Waals surface area contributed by atoms with Gasteiger partial charge in [0.2, 0.25) is 0 Å². The highest BCUT2D eigenvalue weighted by Crippen LogP contribution is 2.37. The minimum absolute atomic E-state index is 0.0765. The number of ether oxygens (including phenoxy) is 2. The summed E-state index contributed by atoms with van der Waals surface area (Å²) >= 11 is 0. The fourth-order valence-electron chi connectivity index (χ4n) is 2.83. The van der Waals surface area contributed by atoms with Crippen LogP contribution in [-0.2, 0) is 14.0 Å². The molecule has 7 nitrogen and oxygen atoms in total. The minimum Gasteiger partial charge on any atom is -0.468 e. The normalized spacial score (nSPS) is 17.9. The van der Waals surface area contributed by atoms with Gasteiger partial charge in [0, 0.05) is 31.1 Å². The Kier molecular flexibility index (Phi) is 5.16. The molecule has 2 aromatic rings. The molecule has 1 aliphatic rings. The van der Waals surface area contributed by atoms with Crippen molar-refractivity contribution >= 4 is 29.4 Å². The number of rotatable bonds is 5. The highest BCUT2D eigenvalue weighted by atomic mass is 16.7. The molecule has 1 amide bonds. The Morgan fingerprint density at radius 1 is 1.19 bits per heavy atom. The SMILES string of the molecule is CNC(=O)c1ccc2cc(B3OC(C)(C)C(C)(C)O3)c(OCOC)cc2n1. The number of nitrogens with zero attached hydrogens (tertiary/aromatic N) is 1. The molecule has 0 atom stereocenters. The summed E-state index contributed by atoms with van der Waals surface area (Å²) in [5.41, 5.74) is 0.806. The molecule has 0 aliphatic carbocycles. The van der Waals surface area contributed by atoms with Crippen LogP contribution in [0.3, 0.4) is 0 Å². The van der Waals surface area contributed by atoms with Crippen LogP contribution in [0.2, 0.25) is 0 Å². The molecule has 27 heavy (non-hydrogen) atoms. The number of benzene rings is 1. The van der Waals surface area contributed by atoms with Crippen molar-refractivity contribution in [3.8, 4) is 5.75 Å². The lowest BCUT2D eigenvalue weighted by Crippen LogP contribution is -2.41. The van der Waals surface area contributed by atoms with E-state index in [9.17, 15) is 4.79 Å². The molecule has 1 N–H and O–H groups in total. The van der Waals surface area contributed by atoms with E-state index < -0.39 is 18.3 Å². The lowest BCUT2D eigenvalue weighted by Gasteiger charge is -2.32. The third kappa shape index (κ3) is 3.65. The van der Waals surface area contributed by atoms with Gasteiger partial charge >= 0.3 is 7.12 Å². The maximum atomic E-state index is 11.9. The molecular weight excluding hydrogens is 347 g/mol. The summed E-state index contributed by atoms with van der Waals surface area (Å²) in [6, 6.07) is 7.23. The van der Waals surface area contributed by atoms with Crippen LogP contribution in [0, 0.1) is 0 Å². The number of amides is 1. The van der Waals surface area contributed by atoms with Crippen LogP contribution in [0.4, 0.5) is 0 Å². The molecular formula is C19H25BN2O5. The van der Waals surface area contributed by atoms with Crippen LogP contribution < -0.4 is 15.5 Å². The number of aromatic nitrogens is 1. The van der Waals surface area contributed by atoms with Gasteiger partial charge in [-0.25, -0.2) is 4.98 Å². The summed E-state index contributed by atoms with van der Waals surface area (Å²) in [5, 5.41) is 3.43. The number of methoxy groups -OCH3 is 1. The number of carbonyl (C=O) groups excluding carboxylic acids is 1. The molecule has 0 bridgehead atoms. The fraction of sp³-hybridized carbons (Fsp3) is 0.474. The maximum absolute atomic E-state index is 11.9. The van der Waals surface area contributed by atoms with Gasteiger partial charge in [0.25, 0.3) is 5.91 Å². The van der Waals surface area contributed by atoms with E-state index in [4.69, 9.17) is 18.8 Å². The molecule has 1 aliphatic heterocycles. The molecule has 0 saturated carbocycles. The van der Waals surface area contributed by atoms with Crippen molar-refractivity contribution in [2.75, 3.05) is 21.0 Å². The van der Waals surface area contributed by atoms with Crippen molar-refractivity contribution in [3.05, 3.63) is 30.0 Å². The van der Waals surface area contributed by atoms with E-state index in [0.717, 1.165) is 10.8 Å². The summed E-state index contributed by atoms with van der Waals surface area (Å²) in [6.45, 7) is 8.08. The lowest BCUT2D eigenvalue weighted by atomic mass is 9.77. The van der Waals surface area contributed by atoms with E-state index >= 15 is 0 Å². The zero-order valence-electron chi connectivity index (χ0n) is 16.6. The van der Waals surface area contributed by atoms with Crippen LogP contribution in [-0.4, -0.2) is 50.2 Å². The molecule has 2 heterocycles.